The number of pyridine rings is 1. The number of hydrazine groups is 1. The number of carbonyl (C=O) groups excluding carboxylic acids is 1. The van der Waals surface area contributed by atoms with Crippen molar-refractivity contribution in [2.75, 3.05) is 11.9 Å². The minimum atomic E-state index is -0.337. The summed E-state index contributed by atoms with van der Waals surface area (Å²) in [5.74, 6) is 4.74. The molecule has 1 heterocycles. The van der Waals surface area contributed by atoms with Gasteiger partial charge in [0, 0.05) is 18.9 Å². The summed E-state index contributed by atoms with van der Waals surface area (Å²) >= 11 is 0. The summed E-state index contributed by atoms with van der Waals surface area (Å²) in [7, 11) is 2.01. The highest BCUT2D eigenvalue weighted by Crippen LogP contribution is 2.15. The normalized spacial score (nSPS) is 10.2. The predicted molar refractivity (Wildman–Crippen MR) is 79.2 cm³/mol. The predicted octanol–water partition coefficient (Wildman–Crippen LogP) is 1.63. The van der Waals surface area contributed by atoms with E-state index in [1.54, 1.807) is 6.07 Å². The average molecular weight is 270 g/mol. The van der Waals surface area contributed by atoms with Crippen molar-refractivity contribution in [3.8, 4) is 0 Å². The molecule has 1 amide bonds. The number of rotatable bonds is 4. The smallest absolute Gasteiger partial charge is 0.266 e. The van der Waals surface area contributed by atoms with Gasteiger partial charge in [0.15, 0.2) is 0 Å². The van der Waals surface area contributed by atoms with Gasteiger partial charge >= 0.3 is 0 Å². The SMILES string of the molecule is Cc1ccc(N(C)Cc2ccc(C(=O)NN)cn2)cc1. The Hall–Kier alpha value is -2.40. The van der Waals surface area contributed by atoms with Crippen molar-refractivity contribution in [3.05, 3.63) is 59.4 Å². The lowest BCUT2D eigenvalue weighted by atomic mass is 10.2. The standard InChI is InChI=1S/C15H18N4O/c1-11-3-7-14(8-4-11)19(2)10-13-6-5-12(9-17-13)15(20)18-16/h3-9H,10,16H2,1-2H3,(H,18,20). The molecule has 0 fully saturated rings. The van der Waals surface area contributed by atoms with Gasteiger partial charge in [0.2, 0.25) is 0 Å². The van der Waals surface area contributed by atoms with Crippen LogP contribution in [0.3, 0.4) is 0 Å². The van der Waals surface area contributed by atoms with Crippen LogP contribution in [0, 0.1) is 6.92 Å². The number of amides is 1. The van der Waals surface area contributed by atoms with Crippen LogP contribution in [0.25, 0.3) is 0 Å². The van der Waals surface area contributed by atoms with Gasteiger partial charge in [0.25, 0.3) is 5.91 Å². The second kappa shape index (κ2) is 6.16. The van der Waals surface area contributed by atoms with Crippen LogP contribution in [0.15, 0.2) is 42.6 Å². The van der Waals surface area contributed by atoms with Gasteiger partial charge in [-0.25, -0.2) is 5.84 Å². The van der Waals surface area contributed by atoms with Gasteiger partial charge in [-0.1, -0.05) is 17.7 Å². The number of hydrogen-bond donors (Lipinski definition) is 2. The highest BCUT2D eigenvalue weighted by molar-refractivity contribution is 5.93. The molecule has 1 aromatic heterocycles. The molecule has 0 aliphatic rings. The number of nitrogens with one attached hydrogen (secondary N) is 1. The zero-order valence-electron chi connectivity index (χ0n) is 11.6. The second-order valence-corrected chi connectivity index (χ2v) is 4.70. The molecular weight excluding hydrogens is 252 g/mol. The van der Waals surface area contributed by atoms with E-state index in [9.17, 15) is 4.79 Å². The fourth-order valence-electron chi connectivity index (χ4n) is 1.87. The van der Waals surface area contributed by atoms with E-state index < -0.39 is 0 Å². The number of aryl methyl sites for hydroxylation is 1. The van der Waals surface area contributed by atoms with Gasteiger partial charge in [-0.15, -0.1) is 0 Å². The van der Waals surface area contributed by atoms with E-state index in [0.29, 0.717) is 12.1 Å². The van der Waals surface area contributed by atoms with Crippen LogP contribution in [0.5, 0.6) is 0 Å². The quantitative estimate of drug-likeness (QED) is 0.503. The van der Waals surface area contributed by atoms with Crippen molar-refractivity contribution >= 4 is 11.6 Å². The summed E-state index contributed by atoms with van der Waals surface area (Å²) in [4.78, 5) is 17.7. The average Bonchev–Trinajstić information content (AvgIpc) is 2.48. The van der Waals surface area contributed by atoms with Gasteiger partial charge in [0.1, 0.15) is 0 Å². The highest BCUT2D eigenvalue weighted by atomic mass is 16.2. The van der Waals surface area contributed by atoms with Crippen molar-refractivity contribution in [2.24, 2.45) is 5.84 Å². The van der Waals surface area contributed by atoms with Crippen LogP contribution >= 0.6 is 0 Å². The maximum atomic E-state index is 11.3. The molecule has 1 aromatic carbocycles. The van der Waals surface area contributed by atoms with E-state index in [4.69, 9.17) is 5.84 Å². The number of nitrogen functional groups attached to an aromatic ring is 1. The lowest BCUT2D eigenvalue weighted by Gasteiger charge is -2.19. The van der Waals surface area contributed by atoms with Crippen molar-refractivity contribution in [1.82, 2.24) is 10.4 Å². The summed E-state index contributed by atoms with van der Waals surface area (Å²) in [5, 5.41) is 0. The third-order valence-electron chi connectivity index (χ3n) is 3.09. The number of nitrogens with zero attached hydrogens (tertiary/aromatic N) is 2. The summed E-state index contributed by atoms with van der Waals surface area (Å²) < 4.78 is 0. The topological polar surface area (TPSA) is 71.2 Å². The van der Waals surface area contributed by atoms with E-state index in [2.05, 4.69) is 46.5 Å². The van der Waals surface area contributed by atoms with Gasteiger partial charge in [-0.05, 0) is 31.2 Å². The Balaban J connectivity index is 2.06. The van der Waals surface area contributed by atoms with Crippen LogP contribution in [0.2, 0.25) is 0 Å². The van der Waals surface area contributed by atoms with E-state index in [-0.39, 0.29) is 5.91 Å². The first-order valence-electron chi connectivity index (χ1n) is 6.34. The molecule has 2 rings (SSSR count). The molecule has 0 saturated carbocycles. The minimum absolute atomic E-state index is 0.337. The molecular formula is C15H18N4O. The largest absolute Gasteiger partial charge is 0.369 e. The van der Waals surface area contributed by atoms with Crippen molar-refractivity contribution < 1.29 is 4.79 Å². The Morgan fingerprint density at radius 3 is 2.50 bits per heavy atom. The fourth-order valence-corrected chi connectivity index (χ4v) is 1.87. The molecule has 0 atom stereocenters. The molecule has 20 heavy (non-hydrogen) atoms. The number of aromatic nitrogens is 1. The highest BCUT2D eigenvalue weighted by Gasteiger charge is 2.06. The van der Waals surface area contributed by atoms with Crippen LogP contribution in [0.4, 0.5) is 5.69 Å². The summed E-state index contributed by atoms with van der Waals surface area (Å²) in [6.07, 6.45) is 1.53. The first kappa shape index (κ1) is 14.0. The Labute approximate surface area is 118 Å². The van der Waals surface area contributed by atoms with Gasteiger partial charge in [0.05, 0.1) is 17.8 Å². The second-order valence-electron chi connectivity index (χ2n) is 4.70. The molecule has 0 aliphatic carbocycles. The zero-order valence-corrected chi connectivity index (χ0v) is 11.6. The Bertz CT molecular complexity index is 578. The third-order valence-corrected chi connectivity index (χ3v) is 3.09. The van der Waals surface area contributed by atoms with Crippen LogP contribution in [-0.4, -0.2) is 17.9 Å². The number of nitrogens with two attached hydrogens (primary N) is 1. The maximum absolute atomic E-state index is 11.3. The van der Waals surface area contributed by atoms with Crippen LogP contribution in [-0.2, 0) is 6.54 Å². The summed E-state index contributed by atoms with van der Waals surface area (Å²) in [6, 6.07) is 11.8. The zero-order chi connectivity index (χ0) is 14.5. The molecule has 5 heteroatoms. The molecule has 0 aliphatic heterocycles. The molecule has 0 bridgehead atoms. The maximum Gasteiger partial charge on any atom is 0.266 e. The molecule has 2 aromatic rings. The lowest BCUT2D eigenvalue weighted by molar-refractivity contribution is 0.0953. The lowest BCUT2D eigenvalue weighted by Crippen LogP contribution is -2.30. The van der Waals surface area contributed by atoms with Crippen molar-refractivity contribution in [1.29, 1.82) is 0 Å². The first-order valence-corrected chi connectivity index (χ1v) is 6.34. The van der Waals surface area contributed by atoms with Gasteiger partial charge < -0.3 is 4.90 Å². The van der Waals surface area contributed by atoms with Crippen LogP contribution < -0.4 is 16.2 Å². The van der Waals surface area contributed by atoms with Crippen molar-refractivity contribution in [2.45, 2.75) is 13.5 Å². The Morgan fingerprint density at radius 2 is 1.95 bits per heavy atom. The van der Waals surface area contributed by atoms with Gasteiger partial charge in [-0.3, -0.25) is 15.2 Å². The molecule has 3 N–H and O–H groups in total. The number of hydrogen-bond acceptors (Lipinski definition) is 4. The van der Waals surface area contributed by atoms with E-state index >= 15 is 0 Å². The monoisotopic (exact) mass is 270 g/mol. The number of carbonyl (C=O) groups is 1. The molecule has 0 unspecified atom stereocenters. The molecule has 5 nitrogen and oxygen atoms in total. The summed E-state index contributed by atoms with van der Waals surface area (Å²) in [5.41, 5.74) is 5.79. The molecule has 104 valence electrons. The van der Waals surface area contributed by atoms with Gasteiger partial charge in [-0.2, -0.15) is 0 Å². The van der Waals surface area contributed by atoms with Crippen LogP contribution in [0.1, 0.15) is 21.6 Å². The first-order chi connectivity index (χ1) is 9.60. The van der Waals surface area contributed by atoms with E-state index in [1.165, 1.54) is 11.8 Å². The number of anilines is 1. The number of benzene rings is 1. The van der Waals surface area contributed by atoms with E-state index in [1.807, 2.05) is 13.1 Å². The molecule has 0 saturated heterocycles. The molecule has 0 radical (unpaired) electrons. The Kier molecular flexibility index (Phi) is 4.32. The minimum Gasteiger partial charge on any atom is -0.369 e. The fraction of sp³-hybridized carbons (Fsp3) is 0.200. The van der Waals surface area contributed by atoms with Crippen molar-refractivity contribution in [3.63, 3.8) is 0 Å². The third kappa shape index (κ3) is 3.33. The van der Waals surface area contributed by atoms with E-state index in [0.717, 1.165) is 11.4 Å². The molecule has 0 spiro atoms. The summed E-state index contributed by atoms with van der Waals surface area (Å²) in [6.45, 7) is 2.74. The Morgan fingerprint density at radius 1 is 1.25 bits per heavy atom.